The highest BCUT2D eigenvalue weighted by Crippen LogP contribution is 2.45. The molecule has 0 bridgehead atoms. The van der Waals surface area contributed by atoms with Crippen LogP contribution in [-0.4, -0.2) is 32.3 Å². The van der Waals surface area contributed by atoms with Crippen LogP contribution in [0, 0.1) is 5.82 Å². The molecule has 0 radical (unpaired) electrons. The Hall–Kier alpha value is -3.40. The molecule has 1 saturated carbocycles. The molecular weight excluding hydrogens is 484 g/mol. The predicted molar refractivity (Wildman–Crippen MR) is 126 cm³/mol. The summed E-state index contributed by atoms with van der Waals surface area (Å²) in [5.74, 6) is 0.406. The molecule has 0 atom stereocenters. The first-order valence-electron chi connectivity index (χ1n) is 10.9. The molecule has 182 valence electrons. The third kappa shape index (κ3) is 4.62. The normalized spacial score (nSPS) is 20.0. The maximum Gasteiger partial charge on any atom is 0.433 e. The third-order valence-electron chi connectivity index (χ3n) is 6.40. The molecule has 0 spiro atoms. The number of benzene rings is 1. The van der Waals surface area contributed by atoms with Gasteiger partial charge < -0.3 is 10.6 Å². The Morgan fingerprint density at radius 3 is 2.60 bits per heavy atom. The highest BCUT2D eigenvalue weighted by Gasteiger charge is 2.47. The van der Waals surface area contributed by atoms with E-state index in [0.29, 0.717) is 41.2 Å². The van der Waals surface area contributed by atoms with Crippen molar-refractivity contribution in [3.63, 3.8) is 0 Å². The largest absolute Gasteiger partial charge is 0.433 e. The molecule has 1 aliphatic carbocycles. The van der Waals surface area contributed by atoms with Crippen molar-refractivity contribution >= 4 is 34.0 Å². The molecule has 5 rings (SSSR count). The highest BCUT2D eigenvalue weighted by molar-refractivity contribution is 6.31. The van der Waals surface area contributed by atoms with Crippen molar-refractivity contribution in [2.75, 3.05) is 17.2 Å². The standard InChI is InChI=1S/C24H21ClF4N6/c1-35-22(6-7-32-35)33-16-10-23(11-16,20-5-3-15(26)12-30-20)13-31-18-9-21(24(27,28)29)34-19-8-14(25)2-4-17(18)19/h2-9,12,16,33H,10-11,13H2,1H3,(H,31,34). The van der Waals surface area contributed by atoms with Gasteiger partial charge >= 0.3 is 6.18 Å². The molecular formula is C24H21ClF4N6. The van der Waals surface area contributed by atoms with Crippen LogP contribution in [0.15, 0.2) is 54.9 Å². The van der Waals surface area contributed by atoms with Crippen molar-refractivity contribution < 1.29 is 17.6 Å². The molecule has 0 saturated heterocycles. The molecule has 0 aliphatic heterocycles. The van der Waals surface area contributed by atoms with Crippen LogP contribution in [0.4, 0.5) is 29.1 Å². The van der Waals surface area contributed by atoms with Gasteiger partial charge in [-0.15, -0.1) is 0 Å². The lowest BCUT2D eigenvalue weighted by Gasteiger charge is -2.48. The van der Waals surface area contributed by atoms with Crippen LogP contribution in [0.2, 0.25) is 5.02 Å². The second-order valence-corrected chi connectivity index (χ2v) is 9.24. The Kier molecular flexibility index (Phi) is 5.79. The van der Waals surface area contributed by atoms with Crippen LogP contribution in [0.1, 0.15) is 24.2 Å². The first-order chi connectivity index (χ1) is 16.6. The summed E-state index contributed by atoms with van der Waals surface area (Å²) < 4.78 is 55.9. The molecule has 1 aromatic carbocycles. The summed E-state index contributed by atoms with van der Waals surface area (Å²) in [5, 5.41) is 11.6. The summed E-state index contributed by atoms with van der Waals surface area (Å²) in [6, 6.07) is 10.6. The van der Waals surface area contributed by atoms with Crippen molar-refractivity contribution in [2.45, 2.75) is 30.5 Å². The van der Waals surface area contributed by atoms with Crippen LogP contribution in [-0.2, 0) is 18.6 Å². The summed E-state index contributed by atoms with van der Waals surface area (Å²) >= 11 is 6.00. The minimum absolute atomic E-state index is 0.0952. The van der Waals surface area contributed by atoms with Gasteiger partial charge in [-0.3, -0.25) is 9.67 Å². The second-order valence-electron chi connectivity index (χ2n) is 8.80. The van der Waals surface area contributed by atoms with Crippen LogP contribution in [0.25, 0.3) is 10.9 Å². The predicted octanol–water partition coefficient (Wildman–Crippen LogP) is 5.80. The number of fused-ring (bicyclic) bond motifs is 1. The molecule has 2 N–H and O–H groups in total. The van der Waals surface area contributed by atoms with Crippen LogP contribution < -0.4 is 10.6 Å². The number of rotatable bonds is 6. The summed E-state index contributed by atoms with van der Waals surface area (Å²) in [7, 11) is 1.83. The average Bonchev–Trinajstić information content (AvgIpc) is 3.19. The zero-order chi connectivity index (χ0) is 24.8. The Morgan fingerprint density at radius 2 is 1.94 bits per heavy atom. The van der Waals surface area contributed by atoms with E-state index in [1.54, 1.807) is 29.1 Å². The van der Waals surface area contributed by atoms with Gasteiger partial charge in [-0.25, -0.2) is 9.37 Å². The van der Waals surface area contributed by atoms with Gasteiger partial charge in [0.05, 0.1) is 17.9 Å². The fraction of sp³-hybridized carbons (Fsp3) is 0.292. The Balaban J connectivity index is 1.45. The van der Waals surface area contributed by atoms with Crippen LogP contribution in [0.3, 0.4) is 0 Å². The number of nitrogens with one attached hydrogen (secondary N) is 2. The fourth-order valence-electron chi connectivity index (χ4n) is 4.60. The van der Waals surface area contributed by atoms with Gasteiger partial charge in [-0.05, 0) is 49.2 Å². The number of anilines is 2. The maximum absolute atomic E-state index is 13.6. The number of aromatic nitrogens is 4. The molecule has 1 aliphatic rings. The van der Waals surface area contributed by atoms with E-state index < -0.39 is 23.1 Å². The highest BCUT2D eigenvalue weighted by atomic mass is 35.5. The van der Waals surface area contributed by atoms with Crippen molar-refractivity contribution in [1.82, 2.24) is 19.7 Å². The first kappa shape index (κ1) is 23.3. The average molecular weight is 505 g/mol. The van der Waals surface area contributed by atoms with Gasteiger partial charge in [0, 0.05) is 52.9 Å². The van der Waals surface area contributed by atoms with Crippen molar-refractivity contribution in [3.8, 4) is 0 Å². The van der Waals surface area contributed by atoms with E-state index in [0.717, 1.165) is 18.1 Å². The van der Waals surface area contributed by atoms with Gasteiger partial charge in [0.15, 0.2) is 0 Å². The quantitative estimate of drug-likeness (QED) is 0.325. The first-order valence-corrected chi connectivity index (χ1v) is 11.3. The minimum atomic E-state index is -4.61. The summed E-state index contributed by atoms with van der Waals surface area (Å²) in [6.45, 7) is 0.300. The van der Waals surface area contributed by atoms with Crippen molar-refractivity contribution in [3.05, 3.63) is 77.1 Å². The number of hydrogen-bond acceptors (Lipinski definition) is 5. The molecule has 0 unspecified atom stereocenters. The Labute approximate surface area is 203 Å². The van der Waals surface area contributed by atoms with E-state index in [1.165, 1.54) is 12.1 Å². The van der Waals surface area contributed by atoms with Gasteiger partial charge in [0.2, 0.25) is 0 Å². The zero-order valence-corrected chi connectivity index (χ0v) is 19.3. The second kappa shape index (κ2) is 8.67. The summed E-state index contributed by atoms with van der Waals surface area (Å²) in [6.07, 6.45) is -0.478. The monoisotopic (exact) mass is 504 g/mol. The van der Waals surface area contributed by atoms with E-state index in [1.807, 2.05) is 13.1 Å². The molecule has 4 aromatic rings. The molecule has 3 heterocycles. The van der Waals surface area contributed by atoms with Gasteiger partial charge in [-0.2, -0.15) is 18.3 Å². The lowest BCUT2D eigenvalue weighted by molar-refractivity contribution is -0.140. The summed E-state index contributed by atoms with van der Waals surface area (Å²) in [4.78, 5) is 8.05. The maximum atomic E-state index is 13.6. The van der Waals surface area contributed by atoms with Crippen LogP contribution in [0.5, 0.6) is 0 Å². The molecule has 11 heteroatoms. The topological polar surface area (TPSA) is 67.7 Å². The number of hydrogen-bond donors (Lipinski definition) is 2. The molecule has 3 aromatic heterocycles. The molecule has 1 fully saturated rings. The zero-order valence-electron chi connectivity index (χ0n) is 18.6. The smallest absolute Gasteiger partial charge is 0.383 e. The van der Waals surface area contributed by atoms with Crippen molar-refractivity contribution in [1.29, 1.82) is 0 Å². The summed E-state index contributed by atoms with van der Waals surface area (Å²) in [5.41, 5.74) is -0.402. The number of nitrogens with zero attached hydrogens (tertiary/aromatic N) is 4. The van der Waals surface area contributed by atoms with Gasteiger partial charge in [0.25, 0.3) is 0 Å². The van der Waals surface area contributed by atoms with Crippen molar-refractivity contribution in [2.24, 2.45) is 7.05 Å². The molecule has 35 heavy (non-hydrogen) atoms. The Morgan fingerprint density at radius 1 is 1.14 bits per heavy atom. The van der Waals surface area contributed by atoms with E-state index in [4.69, 9.17) is 11.6 Å². The van der Waals surface area contributed by atoms with E-state index in [-0.39, 0.29) is 11.6 Å². The van der Waals surface area contributed by atoms with Gasteiger partial charge in [0.1, 0.15) is 17.3 Å². The molecule has 0 amide bonds. The SMILES string of the molecule is Cn1nccc1NC1CC(CNc2cc(C(F)(F)F)nc3cc(Cl)ccc23)(c2ccc(F)cn2)C1. The number of aryl methyl sites for hydroxylation is 1. The van der Waals surface area contributed by atoms with Gasteiger partial charge in [-0.1, -0.05) is 11.6 Å². The lowest BCUT2D eigenvalue weighted by Crippen LogP contribution is -2.53. The van der Waals surface area contributed by atoms with E-state index in [9.17, 15) is 17.6 Å². The van der Waals surface area contributed by atoms with E-state index in [2.05, 4.69) is 25.7 Å². The minimum Gasteiger partial charge on any atom is -0.383 e. The van der Waals surface area contributed by atoms with E-state index >= 15 is 0 Å². The van der Waals surface area contributed by atoms with Crippen LogP contribution >= 0.6 is 11.6 Å². The number of alkyl halides is 3. The number of halogens is 5. The lowest BCUT2D eigenvalue weighted by atomic mass is 9.63. The molecule has 6 nitrogen and oxygen atoms in total. The Bertz CT molecular complexity index is 1360. The third-order valence-corrected chi connectivity index (χ3v) is 6.63. The fourth-order valence-corrected chi connectivity index (χ4v) is 4.77. The number of pyridine rings is 2.